The van der Waals surface area contributed by atoms with Crippen molar-refractivity contribution in [1.29, 1.82) is 0 Å². The van der Waals surface area contributed by atoms with E-state index in [1.54, 1.807) is 20.8 Å². The summed E-state index contributed by atoms with van der Waals surface area (Å²) in [6.45, 7) is 7.83. The highest BCUT2D eigenvalue weighted by Gasteiger charge is 2.27. The summed E-state index contributed by atoms with van der Waals surface area (Å²) in [7, 11) is 0. The standard InChI is InChI=1S/C17H30N2O5/c1-5-8-13(19-16(22)24-17(2,3)4)15(21)18-12-9-6-7-10-23-11-14(12)20/h6-7,12-14,20H,5,8-11H2,1-4H3,(H,18,21)(H,19,22)/t12?,13-,14?/m0/s1. The summed E-state index contributed by atoms with van der Waals surface area (Å²) in [4.78, 5) is 24.4. The molecule has 0 fully saturated rings. The fourth-order valence-electron chi connectivity index (χ4n) is 2.29. The van der Waals surface area contributed by atoms with Crippen LogP contribution in [0.4, 0.5) is 4.79 Å². The van der Waals surface area contributed by atoms with Crippen molar-refractivity contribution >= 4 is 12.0 Å². The molecule has 0 saturated carbocycles. The topological polar surface area (TPSA) is 96.9 Å². The van der Waals surface area contributed by atoms with Crippen LogP contribution in [0.1, 0.15) is 47.0 Å². The van der Waals surface area contributed by atoms with Gasteiger partial charge in [-0.3, -0.25) is 4.79 Å². The van der Waals surface area contributed by atoms with Gasteiger partial charge in [-0.15, -0.1) is 0 Å². The first-order valence-corrected chi connectivity index (χ1v) is 8.43. The molecule has 3 N–H and O–H groups in total. The van der Waals surface area contributed by atoms with E-state index >= 15 is 0 Å². The maximum absolute atomic E-state index is 12.5. The zero-order valence-corrected chi connectivity index (χ0v) is 15.0. The second kappa shape index (κ2) is 9.64. The average Bonchev–Trinajstić information content (AvgIpc) is 2.44. The van der Waals surface area contributed by atoms with Crippen LogP contribution in [0.3, 0.4) is 0 Å². The molecule has 0 aromatic carbocycles. The molecule has 0 bridgehead atoms. The van der Waals surface area contributed by atoms with Crippen LogP contribution in [-0.2, 0) is 14.3 Å². The second-order valence-electron chi connectivity index (χ2n) is 6.91. The maximum atomic E-state index is 12.5. The molecule has 0 spiro atoms. The van der Waals surface area contributed by atoms with Gasteiger partial charge in [0.25, 0.3) is 0 Å². The van der Waals surface area contributed by atoms with Gasteiger partial charge in [0.05, 0.1) is 25.4 Å². The summed E-state index contributed by atoms with van der Waals surface area (Å²) in [5, 5.41) is 15.5. The van der Waals surface area contributed by atoms with Crippen LogP contribution in [0, 0.1) is 0 Å². The van der Waals surface area contributed by atoms with Crippen molar-refractivity contribution in [2.24, 2.45) is 0 Å². The highest BCUT2D eigenvalue weighted by atomic mass is 16.6. The van der Waals surface area contributed by atoms with E-state index in [9.17, 15) is 14.7 Å². The first kappa shape index (κ1) is 20.4. The molecule has 7 nitrogen and oxygen atoms in total. The van der Waals surface area contributed by atoms with E-state index in [0.717, 1.165) is 6.42 Å². The highest BCUT2D eigenvalue weighted by Crippen LogP contribution is 2.09. The molecular weight excluding hydrogens is 312 g/mol. The van der Waals surface area contributed by atoms with Gasteiger partial charge in [-0.05, 0) is 33.6 Å². The Hall–Kier alpha value is -1.60. The number of ether oxygens (including phenoxy) is 2. The third kappa shape index (κ3) is 7.79. The Kier molecular flexibility index (Phi) is 8.21. The van der Waals surface area contributed by atoms with Crippen molar-refractivity contribution in [2.75, 3.05) is 13.2 Å². The summed E-state index contributed by atoms with van der Waals surface area (Å²) in [5.41, 5.74) is -0.630. The molecule has 1 aliphatic rings. The minimum Gasteiger partial charge on any atom is -0.444 e. The zero-order chi connectivity index (χ0) is 18.2. The smallest absolute Gasteiger partial charge is 0.408 e. The van der Waals surface area contributed by atoms with Crippen LogP contribution in [0.15, 0.2) is 12.2 Å². The number of aliphatic hydroxyl groups excluding tert-OH is 1. The number of alkyl carbamates (subject to hydrolysis) is 1. The Labute approximate surface area is 143 Å². The molecule has 1 rings (SSSR count). The van der Waals surface area contributed by atoms with Crippen molar-refractivity contribution < 1.29 is 24.2 Å². The fraction of sp³-hybridized carbons (Fsp3) is 0.765. The minimum absolute atomic E-state index is 0.160. The third-order valence-electron chi connectivity index (χ3n) is 3.44. The summed E-state index contributed by atoms with van der Waals surface area (Å²) < 4.78 is 10.4. The Balaban J connectivity index is 2.65. The lowest BCUT2D eigenvalue weighted by atomic mass is 10.0. The van der Waals surface area contributed by atoms with Crippen molar-refractivity contribution in [1.82, 2.24) is 10.6 Å². The van der Waals surface area contributed by atoms with Crippen LogP contribution in [-0.4, -0.2) is 54.1 Å². The van der Waals surface area contributed by atoms with Gasteiger partial charge in [-0.2, -0.15) is 0 Å². The minimum atomic E-state index is -0.789. The predicted octanol–water partition coefficient (Wildman–Crippen LogP) is 1.50. The van der Waals surface area contributed by atoms with Crippen LogP contribution in [0.2, 0.25) is 0 Å². The van der Waals surface area contributed by atoms with Crippen molar-refractivity contribution in [3.63, 3.8) is 0 Å². The van der Waals surface area contributed by atoms with Gasteiger partial charge in [0, 0.05) is 0 Å². The molecule has 2 amide bonds. The summed E-state index contributed by atoms with van der Waals surface area (Å²) in [6.07, 6.45) is 4.03. The average molecular weight is 342 g/mol. The van der Waals surface area contributed by atoms with Gasteiger partial charge < -0.3 is 25.2 Å². The lowest BCUT2D eigenvalue weighted by Crippen LogP contribution is -2.53. The van der Waals surface area contributed by atoms with Gasteiger partial charge in [0.2, 0.25) is 5.91 Å². The molecule has 0 aromatic heterocycles. The van der Waals surface area contributed by atoms with Crippen LogP contribution >= 0.6 is 0 Å². The van der Waals surface area contributed by atoms with Gasteiger partial charge in [0.1, 0.15) is 11.6 Å². The number of carbonyl (C=O) groups is 2. The van der Waals surface area contributed by atoms with E-state index < -0.39 is 29.9 Å². The largest absolute Gasteiger partial charge is 0.444 e. The summed E-state index contributed by atoms with van der Waals surface area (Å²) >= 11 is 0. The normalized spacial score (nSPS) is 22.9. The van der Waals surface area contributed by atoms with Crippen LogP contribution in [0.5, 0.6) is 0 Å². The maximum Gasteiger partial charge on any atom is 0.408 e. The molecule has 1 heterocycles. The monoisotopic (exact) mass is 342 g/mol. The Morgan fingerprint density at radius 3 is 2.71 bits per heavy atom. The van der Waals surface area contributed by atoms with Crippen molar-refractivity contribution in [3.05, 3.63) is 12.2 Å². The second-order valence-corrected chi connectivity index (χ2v) is 6.91. The molecule has 0 aromatic rings. The predicted molar refractivity (Wildman–Crippen MR) is 90.6 cm³/mol. The van der Waals surface area contributed by atoms with E-state index in [-0.39, 0.29) is 12.5 Å². The van der Waals surface area contributed by atoms with Gasteiger partial charge in [0.15, 0.2) is 0 Å². The van der Waals surface area contributed by atoms with Gasteiger partial charge >= 0.3 is 6.09 Å². The van der Waals surface area contributed by atoms with E-state index in [4.69, 9.17) is 9.47 Å². The number of carbonyl (C=O) groups excluding carboxylic acids is 2. The van der Waals surface area contributed by atoms with Crippen molar-refractivity contribution in [3.8, 4) is 0 Å². The number of hydrogen-bond donors (Lipinski definition) is 3. The third-order valence-corrected chi connectivity index (χ3v) is 3.44. The SMILES string of the molecule is CCC[C@H](NC(=O)OC(C)(C)C)C(=O)NC1CC=CCOCC1O. The molecule has 0 aliphatic carbocycles. The quantitative estimate of drug-likeness (QED) is 0.658. The Bertz CT molecular complexity index is 445. The number of rotatable bonds is 5. The molecule has 3 atom stereocenters. The lowest BCUT2D eigenvalue weighted by Gasteiger charge is -2.27. The highest BCUT2D eigenvalue weighted by molar-refractivity contribution is 5.85. The fourth-order valence-corrected chi connectivity index (χ4v) is 2.29. The van der Waals surface area contributed by atoms with Gasteiger partial charge in [-0.1, -0.05) is 25.5 Å². The summed E-state index contributed by atoms with van der Waals surface area (Å²) in [5.74, 6) is -0.333. The summed E-state index contributed by atoms with van der Waals surface area (Å²) in [6, 6.07) is -1.15. The molecule has 138 valence electrons. The Morgan fingerprint density at radius 2 is 2.08 bits per heavy atom. The molecule has 2 unspecified atom stereocenters. The molecule has 0 saturated heterocycles. The van der Waals surface area contributed by atoms with Gasteiger partial charge in [-0.25, -0.2) is 4.79 Å². The number of nitrogens with one attached hydrogen (secondary N) is 2. The van der Waals surface area contributed by atoms with Crippen molar-refractivity contribution in [2.45, 2.75) is 70.7 Å². The number of aliphatic hydroxyl groups is 1. The molecule has 0 radical (unpaired) electrons. The molecule has 1 aliphatic heterocycles. The molecule has 7 heteroatoms. The Morgan fingerprint density at radius 1 is 1.38 bits per heavy atom. The van der Waals surface area contributed by atoms with Crippen LogP contribution in [0.25, 0.3) is 0 Å². The number of amides is 2. The van der Waals surface area contributed by atoms with Crippen LogP contribution < -0.4 is 10.6 Å². The van der Waals surface area contributed by atoms with E-state index in [0.29, 0.717) is 19.4 Å². The molecule has 24 heavy (non-hydrogen) atoms. The van der Waals surface area contributed by atoms with E-state index in [1.165, 1.54) is 0 Å². The number of hydrogen-bond acceptors (Lipinski definition) is 5. The van der Waals surface area contributed by atoms with E-state index in [1.807, 2.05) is 19.1 Å². The lowest BCUT2D eigenvalue weighted by molar-refractivity contribution is -0.125. The first-order valence-electron chi connectivity index (χ1n) is 8.43. The molecular formula is C17H30N2O5. The zero-order valence-electron chi connectivity index (χ0n) is 15.0. The first-order chi connectivity index (χ1) is 11.2. The van der Waals surface area contributed by atoms with E-state index in [2.05, 4.69) is 10.6 Å².